The maximum absolute atomic E-state index is 12.7. The highest BCUT2D eigenvalue weighted by molar-refractivity contribution is 6.01. The van der Waals surface area contributed by atoms with Crippen LogP contribution in [0.3, 0.4) is 0 Å². The molecule has 8 bridgehead atoms. The number of aromatic amines is 2. The highest BCUT2D eigenvalue weighted by Gasteiger charge is 2.17. The van der Waals surface area contributed by atoms with Gasteiger partial charge >= 0.3 is 5.97 Å². The number of ether oxygens (including phenoxy) is 1. The zero-order valence-corrected chi connectivity index (χ0v) is 15.8. The van der Waals surface area contributed by atoms with Crippen molar-refractivity contribution in [2.75, 3.05) is 6.61 Å². The summed E-state index contributed by atoms with van der Waals surface area (Å²) in [5, 5.41) is 0. The molecule has 142 valence electrons. The number of fused-ring (bicyclic) bond motifs is 8. The number of aromatic nitrogens is 4. The molecule has 29 heavy (non-hydrogen) atoms. The van der Waals surface area contributed by atoms with Gasteiger partial charge in [0.15, 0.2) is 0 Å². The second-order valence-electron chi connectivity index (χ2n) is 6.77. The molecule has 0 saturated heterocycles. The van der Waals surface area contributed by atoms with E-state index in [9.17, 15) is 4.79 Å². The first kappa shape index (κ1) is 17.2. The third-order valence-electron chi connectivity index (χ3n) is 4.70. The van der Waals surface area contributed by atoms with Crippen LogP contribution in [0.25, 0.3) is 46.4 Å². The Balaban J connectivity index is 1.86. The van der Waals surface area contributed by atoms with Gasteiger partial charge in [0.2, 0.25) is 0 Å². The second-order valence-corrected chi connectivity index (χ2v) is 6.77. The summed E-state index contributed by atoms with van der Waals surface area (Å²) in [4.78, 5) is 28.6. The lowest BCUT2D eigenvalue weighted by atomic mass is 10.2. The molecule has 0 aromatic carbocycles. The summed E-state index contributed by atoms with van der Waals surface area (Å²) >= 11 is 0. The number of nitrogens with zero attached hydrogens (tertiary/aromatic N) is 2. The minimum Gasteiger partial charge on any atom is -0.462 e. The van der Waals surface area contributed by atoms with Gasteiger partial charge < -0.3 is 14.7 Å². The fourth-order valence-electron chi connectivity index (χ4n) is 3.43. The van der Waals surface area contributed by atoms with Crippen molar-refractivity contribution >= 4 is 52.3 Å². The normalized spacial score (nSPS) is 12.3. The fourth-order valence-corrected chi connectivity index (χ4v) is 3.43. The minimum atomic E-state index is -0.405. The number of nitrogens with one attached hydrogen (secondary N) is 2. The van der Waals surface area contributed by atoms with Gasteiger partial charge in [0.25, 0.3) is 0 Å². The second kappa shape index (κ2) is 6.91. The van der Waals surface area contributed by atoms with Gasteiger partial charge in [-0.15, -0.1) is 0 Å². The molecule has 0 atom stereocenters. The van der Waals surface area contributed by atoms with E-state index in [-0.39, 0.29) is 0 Å². The van der Waals surface area contributed by atoms with Crippen LogP contribution in [0.5, 0.6) is 0 Å². The number of carbonyl (C=O) groups excluding carboxylic acids is 1. The lowest BCUT2D eigenvalue weighted by Crippen LogP contribution is -2.07. The SMILES string of the molecule is CCOC(=O)c1c2nc(cc3nc(cc4ccc(cc5ccc1[nH]5)[nH]4)C=C3)C=C2. The van der Waals surface area contributed by atoms with Gasteiger partial charge in [0, 0.05) is 16.6 Å². The van der Waals surface area contributed by atoms with Crippen LogP contribution < -0.4 is 0 Å². The Morgan fingerprint density at radius 3 is 2.31 bits per heavy atom. The Morgan fingerprint density at radius 1 is 0.828 bits per heavy atom. The first-order valence-corrected chi connectivity index (χ1v) is 9.42. The maximum atomic E-state index is 12.7. The lowest BCUT2D eigenvalue weighted by Gasteiger charge is -2.02. The molecule has 0 saturated carbocycles. The monoisotopic (exact) mass is 382 g/mol. The average Bonchev–Trinajstić information content (AvgIpc) is 3.47. The van der Waals surface area contributed by atoms with E-state index in [0.717, 1.165) is 33.6 Å². The molecule has 6 nitrogen and oxygen atoms in total. The predicted molar refractivity (Wildman–Crippen MR) is 115 cm³/mol. The summed E-state index contributed by atoms with van der Waals surface area (Å²) < 4.78 is 5.29. The predicted octanol–water partition coefficient (Wildman–Crippen LogP) is 4.83. The Kier molecular flexibility index (Phi) is 4.09. The van der Waals surface area contributed by atoms with Gasteiger partial charge in [-0.05, 0) is 73.7 Å². The fraction of sp³-hybridized carbons (Fsp3) is 0.0870. The van der Waals surface area contributed by atoms with E-state index in [2.05, 4.69) is 19.9 Å². The average molecular weight is 382 g/mol. The van der Waals surface area contributed by atoms with Gasteiger partial charge in [0.05, 0.1) is 34.9 Å². The van der Waals surface area contributed by atoms with E-state index in [1.54, 1.807) is 6.92 Å². The van der Waals surface area contributed by atoms with E-state index in [1.807, 2.05) is 66.8 Å². The molecule has 6 heteroatoms. The van der Waals surface area contributed by atoms with Crippen molar-refractivity contribution in [3.8, 4) is 0 Å². The molecule has 2 N–H and O–H groups in total. The van der Waals surface area contributed by atoms with Crippen LogP contribution >= 0.6 is 0 Å². The Morgan fingerprint density at radius 2 is 1.48 bits per heavy atom. The van der Waals surface area contributed by atoms with Crippen LogP contribution in [0.4, 0.5) is 0 Å². The van der Waals surface area contributed by atoms with Crippen LogP contribution in [0, 0.1) is 0 Å². The first-order chi connectivity index (χ1) is 14.2. The molecule has 0 aliphatic carbocycles. The smallest absolute Gasteiger partial charge is 0.342 e. The Bertz CT molecular complexity index is 1340. The van der Waals surface area contributed by atoms with E-state index in [0.29, 0.717) is 23.4 Å². The van der Waals surface area contributed by atoms with Crippen molar-refractivity contribution in [1.82, 2.24) is 19.9 Å². The van der Waals surface area contributed by atoms with Gasteiger partial charge in [-0.1, -0.05) is 0 Å². The van der Waals surface area contributed by atoms with Crippen LogP contribution in [0.15, 0.2) is 42.5 Å². The van der Waals surface area contributed by atoms with Crippen molar-refractivity contribution in [2.24, 2.45) is 0 Å². The molecule has 0 amide bonds. The summed E-state index contributed by atoms with van der Waals surface area (Å²) in [7, 11) is 0. The number of H-pyrrole nitrogens is 2. The first-order valence-electron chi connectivity index (χ1n) is 9.42. The largest absolute Gasteiger partial charge is 0.462 e. The summed E-state index contributed by atoms with van der Waals surface area (Å²) in [6, 6.07) is 13.7. The summed E-state index contributed by atoms with van der Waals surface area (Å²) in [6.45, 7) is 2.09. The number of hydrogen-bond donors (Lipinski definition) is 2. The van der Waals surface area contributed by atoms with Gasteiger partial charge in [-0.3, -0.25) is 0 Å². The molecule has 3 aromatic heterocycles. The van der Waals surface area contributed by atoms with Crippen molar-refractivity contribution in [3.05, 3.63) is 70.8 Å². The zero-order valence-electron chi connectivity index (χ0n) is 15.8. The lowest BCUT2D eigenvalue weighted by molar-refractivity contribution is 0.0528. The number of esters is 1. The molecule has 3 aromatic rings. The van der Waals surface area contributed by atoms with E-state index < -0.39 is 5.97 Å². The molecule has 0 fully saturated rings. The standard InChI is InChI=1S/C23H18N4O2/c1-2-29-23(28)22-20-9-7-18(26-20)12-16-5-3-14(24-16)11-15-4-6-17(25-15)13-19-8-10-21(22)27-19/h3-13,24,26H,2H2,1H3. The number of rotatable bonds is 2. The zero-order chi connectivity index (χ0) is 19.8. The van der Waals surface area contributed by atoms with Crippen molar-refractivity contribution in [1.29, 1.82) is 0 Å². The Hall–Kier alpha value is -3.93. The summed E-state index contributed by atoms with van der Waals surface area (Å²) in [5.74, 6) is -0.405. The number of carbonyl (C=O) groups is 1. The molecular formula is C23H18N4O2. The minimum absolute atomic E-state index is 0.295. The highest BCUT2D eigenvalue weighted by atomic mass is 16.5. The molecular weight excluding hydrogens is 364 g/mol. The molecule has 0 unspecified atom stereocenters. The molecule has 2 aliphatic rings. The van der Waals surface area contributed by atoms with E-state index in [4.69, 9.17) is 4.74 Å². The van der Waals surface area contributed by atoms with Crippen LogP contribution in [-0.4, -0.2) is 32.5 Å². The maximum Gasteiger partial charge on any atom is 0.342 e. The van der Waals surface area contributed by atoms with Crippen molar-refractivity contribution in [2.45, 2.75) is 6.92 Å². The van der Waals surface area contributed by atoms with Gasteiger partial charge in [0.1, 0.15) is 5.56 Å². The summed E-state index contributed by atoms with van der Waals surface area (Å²) in [5.41, 5.74) is 6.84. The molecule has 0 spiro atoms. The molecule has 0 radical (unpaired) electrons. The third kappa shape index (κ3) is 3.36. The molecule has 2 aliphatic heterocycles. The number of hydrogen-bond acceptors (Lipinski definition) is 4. The molecule has 5 rings (SSSR count). The molecule has 5 heterocycles. The van der Waals surface area contributed by atoms with Crippen LogP contribution in [0.1, 0.15) is 40.1 Å². The van der Waals surface area contributed by atoms with E-state index >= 15 is 0 Å². The van der Waals surface area contributed by atoms with Gasteiger partial charge in [-0.25, -0.2) is 14.8 Å². The third-order valence-corrected chi connectivity index (χ3v) is 4.70. The van der Waals surface area contributed by atoms with E-state index in [1.165, 1.54) is 0 Å². The highest BCUT2D eigenvalue weighted by Crippen LogP contribution is 2.22. The van der Waals surface area contributed by atoms with Crippen molar-refractivity contribution < 1.29 is 9.53 Å². The summed E-state index contributed by atoms with van der Waals surface area (Å²) in [6.07, 6.45) is 7.61. The van der Waals surface area contributed by atoms with Crippen molar-refractivity contribution in [3.63, 3.8) is 0 Å². The Labute approximate surface area is 166 Å². The quantitative estimate of drug-likeness (QED) is 0.428. The van der Waals surface area contributed by atoms with Gasteiger partial charge in [-0.2, -0.15) is 0 Å². The topological polar surface area (TPSA) is 83.7 Å². The van der Waals surface area contributed by atoms with Crippen LogP contribution in [0.2, 0.25) is 0 Å². The van der Waals surface area contributed by atoms with Crippen LogP contribution in [-0.2, 0) is 4.74 Å².